The van der Waals surface area contributed by atoms with Gasteiger partial charge in [0.1, 0.15) is 11.5 Å². The second kappa shape index (κ2) is 9.24. The maximum absolute atomic E-state index is 12.4. The fourth-order valence-corrected chi connectivity index (χ4v) is 3.13. The first-order valence-corrected chi connectivity index (χ1v) is 9.88. The molecule has 0 atom stereocenters. The molecule has 0 fully saturated rings. The van der Waals surface area contributed by atoms with Gasteiger partial charge in [-0.2, -0.15) is 13.5 Å². The van der Waals surface area contributed by atoms with Gasteiger partial charge in [-0.25, -0.2) is 4.83 Å². The molecule has 2 rings (SSSR count). The van der Waals surface area contributed by atoms with Crippen LogP contribution in [0.4, 0.5) is 5.69 Å². The van der Waals surface area contributed by atoms with Crippen LogP contribution in [-0.4, -0.2) is 39.9 Å². The van der Waals surface area contributed by atoms with Crippen molar-refractivity contribution in [1.82, 2.24) is 4.83 Å². The van der Waals surface area contributed by atoms with Gasteiger partial charge in [0.15, 0.2) is 0 Å². The molecular weight excluding hydrogens is 402 g/mol. The maximum atomic E-state index is 12.4. The Morgan fingerprint density at radius 1 is 1.10 bits per heavy atom. The van der Waals surface area contributed by atoms with Crippen molar-refractivity contribution in [2.24, 2.45) is 5.10 Å². The van der Waals surface area contributed by atoms with Crippen molar-refractivity contribution >= 4 is 21.9 Å². The van der Waals surface area contributed by atoms with Gasteiger partial charge >= 0.3 is 5.69 Å². The summed E-state index contributed by atoms with van der Waals surface area (Å²) in [5.41, 5.74) is -0.110. The van der Waals surface area contributed by atoms with Crippen molar-refractivity contribution in [1.29, 1.82) is 0 Å². The van der Waals surface area contributed by atoms with E-state index in [2.05, 4.69) is 9.93 Å². The molecular formula is C18H21N3O7S. The molecule has 1 N–H and O–H groups in total. The van der Waals surface area contributed by atoms with E-state index in [4.69, 9.17) is 14.2 Å². The molecule has 0 aliphatic carbocycles. The van der Waals surface area contributed by atoms with Crippen LogP contribution in [0.25, 0.3) is 0 Å². The maximum Gasteiger partial charge on any atom is 0.311 e. The molecule has 11 heteroatoms. The van der Waals surface area contributed by atoms with Crippen molar-refractivity contribution in [3.05, 3.63) is 52.1 Å². The first-order chi connectivity index (χ1) is 13.7. The lowest BCUT2D eigenvalue weighted by molar-refractivity contribution is -0.385. The van der Waals surface area contributed by atoms with Gasteiger partial charge < -0.3 is 14.2 Å². The van der Waals surface area contributed by atoms with Crippen LogP contribution >= 0.6 is 0 Å². The van der Waals surface area contributed by atoms with Gasteiger partial charge in [0, 0.05) is 17.7 Å². The van der Waals surface area contributed by atoms with E-state index in [1.807, 2.05) is 13.8 Å². The predicted molar refractivity (Wildman–Crippen MR) is 106 cm³/mol. The predicted octanol–water partition coefficient (Wildman–Crippen LogP) is 2.71. The Kier molecular flexibility index (Phi) is 6.99. The largest absolute Gasteiger partial charge is 0.496 e. The Bertz CT molecular complexity index is 1000. The molecule has 0 unspecified atom stereocenters. The van der Waals surface area contributed by atoms with Crippen molar-refractivity contribution in [3.63, 3.8) is 0 Å². The zero-order chi connectivity index (χ0) is 21.6. The number of ether oxygens (including phenoxy) is 3. The van der Waals surface area contributed by atoms with Crippen molar-refractivity contribution in [2.75, 3.05) is 14.2 Å². The zero-order valence-electron chi connectivity index (χ0n) is 16.3. The lowest BCUT2D eigenvalue weighted by Crippen LogP contribution is -2.18. The van der Waals surface area contributed by atoms with Crippen LogP contribution < -0.4 is 19.0 Å². The molecule has 10 nitrogen and oxygen atoms in total. The van der Waals surface area contributed by atoms with E-state index in [9.17, 15) is 18.5 Å². The van der Waals surface area contributed by atoms with Crippen LogP contribution in [0.5, 0.6) is 17.2 Å². The molecule has 0 amide bonds. The van der Waals surface area contributed by atoms with Crippen LogP contribution in [0.15, 0.2) is 46.4 Å². The Morgan fingerprint density at radius 2 is 1.72 bits per heavy atom. The van der Waals surface area contributed by atoms with E-state index in [-0.39, 0.29) is 33.7 Å². The van der Waals surface area contributed by atoms with Crippen molar-refractivity contribution in [3.8, 4) is 17.2 Å². The van der Waals surface area contributed by atoms with Gasteiger partial charge in [0.25, 0.3) is 10.0 Å². The Labute approximate surface area is 168 Å². The number of benzene rings is 2. The number of rotatable bonds is 9. The second-order valence-corrected chi connectivity index (χ2v) is 7.67. The molecule has 0 spiro atoms. The summed E-state index contributed by atoms with van der Waals surface area (Å²) in [5.74, 6) is 0.775. The van der Waals surface area contributed by atoms with Crippen LogP contribution in [0.1, 0.15) is 19.4 Å². The molecule has 0 aliphatic rings. The SMILES string of the molecule is COc1cc(OC)c([N+](=O)[O-])cc1/C=N/NS(=O)(=O)c1ccc(OC(C)C)cc1. The zero-order valence-corrected chi connectivity index (χ0v) is 17.1. The minimum absolute atomic E-state index is 0.00767. The lowest BCUT2D eigenvalue weighted by Gasteiger charge is -2.10. The number of nitrogens with one attached hydrogen (secondary N) is 1. The molecule has 29 heavy (non-hydrogen) atoms. The van der Waals surface area contributed by atoms with Gasteiger partial charge in [-0.05, 0) is 38.1 Å². The number of sulfonamides is 1. The average Bonchev–Trinajstić information content (AvgIpc) is 2.67. The molecule has 0 saturated heterocycles. The minimum Gasteiger partial charge on any atom is -0.496 e. The summed E-state index contributed by atoms with van der Waals surface area (Å²) in [6.45, 7) is 3.72. The number of nitro benzene ring substituents is 1. The van der Waals surface area contributed by atoms with Gasteiger partial charge in [0.2, 0.25) is 5.75 Å². The molecule has 0 heterocycles. The highest BCUT2D eigenvalue weighted by Gasteiger charge is 2.19. The molecule has 2 aromatic carbocycles. The van der Waals surface area contributed by atoms with Crippen LogP contribution in [0.2, 0.25) is 0 Å². The normalized spacial score (nSPS) is 11.5. The fraction of sp³-hybridized carbons (Fsp3) is 0.278. The van der Waals surface area contributed by atoms with E-state index in [0.29, 0.717) is 5.75 Å². The molecule has 0 radical (unpaired) electrons. The topological polar surface area (TPSA) is 129 Å². The van der Waals surface area contributed by atoms with Gasteiger partial charge in [-0.3, -0.25) is 10.1 Å². The van der Waals surface area contributed by atoms with E-state index in [0.717, 1.165) is 6.21 Å². The first-order valence-electron chi connectivity index (χ1n) is 8.40. The van der Waals surface area contributed by atoms with E-state index in [1.165, 1.54) is 50.6 Å². The third kappa shape index (κ3) is 5.57. The summed E-state index contributed by atoms with van der Waals surface area (Å²) in [6.07, 6.45) is 1.07. The third-order valence-electron chi connectivity index (χ3n) is 3.61. The first kappa shape index (κ1) is 22.0. The minimum atomic E-state index is -3.94. The molecule has 156 valence electrons. The van der Waals surface area contributed by atoms with E-state index < -0.39 is 14.9 Å². The summed E-state index contributed by atoms with van der Waals surface area (Å²) >= 11 is 0. The van der Waals surface area contributed by atoms with Gasteiger partial charge in [-0.15, -0.1) is 0 Å². The number of nitrogens with zero attached hydrogens (tertiary/aromatic N) is 2. The van der Waals surface area contributed by atoms with Gasteiger partial charge in [0.05, 0.1) is 36.4 Å². The van der Waals surface area contributed by atoms with Crippen molar-refractivity contribution < 1.29 is 27.6 Å². The summed E-state index contributed by atoms with van der Waals surface area (Å²) in [4.78, 5) is 12.6. The number of hydrogen-bond acceptors (Lipinski definition) is 8. The Hall–Kier alpha value is -3.34. The van der Waals surface area contributed by atoms with Crippen molar-refractivity contribution in [2.45, 2.75) is 24.8 Å². The Balaban J connectivity index is 2.23. The molecule has 0 aliphatic heterocycles. The summed E-state index contributed by atoms with van der Waals surface area (Å²) < 4.78 is 40.3. The average molecular weight is 423 g/mol. The number of hydrogen-bond donors (Lipinski definition) is 1. The standard InChI is InChI=1S/C18H21N3O7S/c1-12(2)28-14-5-7-15(8-6-14)29(24,25)20-19-11-13-9-16(21(22)23)18(27-4)10-17(13)26-3/h5-12,20H,1-4H3/b19-11+. The molecule has 0 aromatic heterocycles. The fourth-order valence-electron chi connectivity index (χ4n) is 2.34. The molecule has 2 aromatic rings. The quantitative estimate of drug-likeness (QED) is 0.373. The van der Waals surface area contributed by atoms with Gasteiger partial charge in [-0.1, -0.05) is 0 Å². The third-order valence-corrected chi connectivity index (χ3v) is 4.85. The highest BCUT2D eigenvalue weighted by Crippen LogP contribution is 2.33. The van der Waals surface area contributed by atoms with Crippen LogP contribution in [-0.2, 0) is 10.0 Å². The smallest absolute Gasteiger partial charge is 0.311 e. The molecule has 0 saturated carbocycles. The summed E-state index contributed by atoms with van der Waals surface area (Å²) in [6, 6.07) is 8.33. The Morgan fingerprint density at radius 3 is 2.24 bits per heavy atom. The van der Waals surface area contributed by atoms with Crippen LogP contribution in [0.3, 0.4) is 0 Å². The van der Waals surface area contributed by atoms with E-state index >= 15 is 0 Å². The highest BCUT2D eigenvalue weighted by atomic mass is 32.2. The highest BCUT2D eigenvalue weighted by molar-refractivity contribution is 7.89. The second-order valence-electron chi connectivity index (χ2n) is 6.01. The molecule has 0 bridgehead atoms. The van der Waals surface area contributed by atoms with E-state index in [1.54, 1.807) is 0 Å². The summed E-state index contributed by atoms with van der Waals surface area (Å²) in [5, 5.41) is 14.9. The number of methoxy groups -OCH3 is 2. The number of hydrazone groups is 1. The monoisotopic (exact) mass is 423 g/mol. The number of nitro groups is 1. The summed E-state index contributed by atoms with van der Waals surface area (Å²) in [7, 11) is -1.28. The lowest BCUT2D eigenvalue weighted by atomic mass is 10.1. The van der Waals surface area contributed by atoms with Crippen LogP contribution in [0, 0.1) is 10.1 Å².